The maximum Gasteiger partial charge on any atom is 0.179 e. The molecule has 1 aromatic rings. The van der Waals surface area contributed by atoms with E-state index in [0.717, 1.165) is 42.8 Å². The van der Waals surface area contributed by atoms with Gasteiger partial charge in [-0.3, -0.25) is 9.78 Å². The van der Waals surface area contributed by atoms with Crippen LogP contribution in [-0.2, 0) is 21.4 Å². The third-order valence-corrected chi connectivity index (χ3v) is 5.94. The van der Waals surface area contributed by atoms with Gasteiger partial charge in [0.1, 0.15) is 11.6 Å². The summed E-state index contributed by atoms with van der Waals surface area (Å²) in [4.78, 5) is 19.2. The number of piperidine rings is 1. The lowest BCUT2D eigenvalue weighted by molar-refractivity contribution is -0.114. The monoisotopic (exact) mass is 369 g/mol. The van der Waals surface area contributed by atoms with Gasteiger partial charge in [-0.05, 0) is 31.4 Å². The van der Waals surface area contributed by atoms with Gasteiger partial charge >= 0.3 is 0 Å². The number of carbonyl (C=O) groups is 1. The molecule has 0 spiro atoms. The quantitative estimate of drug-likeness (QED) is 0.876. The highest BCUT2D eigenvalue weighted by atomic mass is 16.5. The van der Waals surface area contributed by atoms with E-state index in [0.29, 0.717) is 5.70 Å². The van der Waals surface area contributed by atoms with Crippen LogP contribution in [0.3, 0.4) is 0 Å². The lowest BCUT2D eigenvalue weighted by Gasteiger charge is -2.41. The first-order valence-corrected chi connectivity index (χ1v) is 9.33. The van der Waals surface area contributed by atoms with Crippen molar-refractivity contribution in [3.8, 4) is 6.07 Å². The third kappa shape index (κ3) is 3.50. The van der Waals surface area contributed by atoms with Crippen LogP contribution in [-0.4, -0.2) is 53.2 Å². The number of hydrogen-bond acceptors (Lipinski definition) is 6. The van der Waals surface area contributed by atoms with E-state index in [1.807, 2.05) is 19.9 Å². The number of likely N-dealkylation sites (tertiary alicyclic amines) is 1. The van der Waals surface area contributed by atoms with Crippen molar-refractivity contribution in [2.24, 2.45) is 0 Å². The van der Waals surface area contributed by atoms with E-state index in [1.54, 1.807) is 13.3 Å². The molecule has 2 heterocycles. The topological polar surface area (TPSA) is 86.5 Å². The maximum atomic E-state index is 12.6. The van der Waals surface area contributed by atoms with Crippen LogP contribution < -0.4 is 0 Å². The predicted molar refractivity (Wildman–Crippen MR) is 102 cm³/mol. The molecule has 3 rings (SSSR count). The fourth-order valence-corrected chi connectivity index (χ4v) is 3.68. The SMILES string of the molecule is COC1(C)CCN(C2=C(C#N)C(=O)Cc3cnc(C(C)(C)CO)cc32)CC1. The minimum atomic E-state index is -0.495. The number of ketones is 1. The first-order valence-electron chi connectivity index (χ1n) is 9.33. The van der Waals surface area contributed by atoms with Gasteiger partial charge in [-0.25, -0.2) is 0 Å². The predicted octanol–water partition coefficient (Wildman–Crippen LogP) is 2.21. The Labute approximate surface area is 160 Å². The van der Waals surface area contributed by atoms with Crippen LogP contribution >= 0.6 is 0 Å². The highest BCUT2D eigenvalue weighted by Crippen LogP contribution is 2.37. The van der Waals surface area contributed by atoms with E-state index in [1.165, 1.54) is 0 Å². The van der Waals surface area contributed by atoms with Crippen LogP contribution in [0.25, 0.3) is 5.70 Å². The molecule has 1 saturated heterocycles. The minimum absolute atomic E-state index is 0.0300. The zero-order valence-electron chi connectivity index (χ0n) is 16.5. The van der Waals surface area contributed by atoms with Crippen molar-refractivity contribution in [2.45, 2.75) is 51.0 Å². The molecule has 27 heavy (non-hydrogen) atoms. The first-order chi connectivity index (χ1) is 12.7. The largest absolute Gasteiger partial charge is 0.395 e. The molecule has 0 amide bonds. The number of ether oxygens (including phenoxy) is 1. The number of methoxy groups -OCH3 is 1. The summed E-state index contributed by atoms with van der Waals surface area (Å²) in [6.45, 7) is 7.36. The number of nitrogens with zero attached hydrogens (tertiary/aromatic N) is 3. The zero-order valence-corrected chi connectivity index (χ0v) is 16.5. The Hall–Kier alpha value is -2.23. The van der Waals surface area contributed by atoms with Crippen LogP contribution in [0, 0.1) is 11.3 Å². The molecule has 1 N–H and O–H groups in total. The number of Topliss-reactive ketones (excluding diaryl/α,β-unsaturated/α-hetero) is 1. The number of allylic oxidation sites excluding steroid dienone is 1. The van der Waals surface area contributed by atoms with Gasteiger partial charge in [0.05, 0.1) is 17.9 Å². The van der Waals surface area contributed by atoms with Crippen LogP contribution in [0.4, 0.5) is 0 Å². The number of aliphatic hydroxyl groups excluding tert-OH is 1. The van der Waals surface area contributed by atoms with Crippen molar-refractivity contribution < 1.29 is 14.6 Å². The van der Waals surface area contributed by atoms with Gasteiger partial charge in [0.2, 0.25) is 0 Å². The number of hydrogen-bond donors (Lipinski definition) is 1. The summed E-state index contributed by atoms with van der Waals surface area (Å²) in [5.41, 5.74) is 2.75. The van der Waals surface area contributed by atoms with Crippen LogP contribution in [0.1, 0.15) is 50.4 Å². The van der Waals surface area contributed by atoms with Crippen molar-refractivity contribution >= 4 is 11.5 Å². The molecule has 2 aliphatic rings. The average Bonchev–Trinajstić information content (AvgIpc) is 2.67. The van der Waals surface area contributed by atoms with Gasteiger partial charge in [-0.15, -0.1) is 0 Å². The molecule has 144 valence electrons. The molecule has 1 aromatic heterocycles. The second-order valence-corrected chi connectivity index (χ2v) is 8.35. The number of pyridine rings is 1. The van der Waals surface area contributed by atoms with Gasteiger partial charge in [-0.1, -0.05) is 13.8 Å². The van der Waals surface area contributed by atoms with Gasteiger partial charge in [0.25, 0.3) is 0 Å². The molecule has 6 nitrogen and oxygen atoms in total. The summed E-state index contributed by atoms with van der Waals surface area (Å²) in [6, 6.07) is 4.08. The molecule has 0 radical (unpaired) electrons. The van der Waals surface area contributed by atoms with Crippen molar-refractivity contribution in [2.75, 3.05) is 26.8 Å². The zero-order chi connectivity index (χ0) is 19.8. The standard InChI is InChI=1S/C21H27N3O3/c1-20(2,13-25)18-10-15-14(12-23-18)9-17(26)16(11-22)19(15)24-7-5-21(3,27-4)6-8-24/h10,12,25H,5-9,13H2,1-4H3. The molecule has 0 unspecified atom stereocenters. The van der Waals surface area contributed by atoms with Crippen LogP contribution in [0.15, 0.2) is 17.8 Å². The molecule has 0 aromatic carbocycles. The Kier molecular flexibility index (Phi) is 5.11. The molecule has 0 bridgehead atoms. The maximum absolute atomic E-state index is 12.6. The fraction of sp³-hybridized carbons (Fsp3) is 0.571. The van der Waals surface area contributed by atoms with Gasteiger partial charge in [0, 0.05) is 49.5 Å². The number of fused-ring (bicyclic) bond motifs is 1. The van der Waals surface area contributed by atoms with Crippen molar-refractivity contribution in [1.29, 1.82) is 5.26 Å². The molecule has 6 heteroatoms. The second-order valence-electron chi connectivity index (χ2n) is 8.35. The minimum Gasteiger partial charge on any atom is -0.395 e. The lowest BCUT2D eigenvalue weighted by atomic mass is 9.83. The number of aromatic nitrogens is 1. The summed E-state index contributed by atoms with van der Waals surface area (Å²) < 4.78 is 5.62. The number of rotatable bonds is 4. The first kappa shape index (κ1) is 19.5. The lowest BCUT2D eigenvalue weighted by Crippen LogP contribution is -2.44. The Bertz CT molecular complexity index is 828. The Morgan fingerprint density at radius 1 is 1.41 bits per heavy atom. The van der Waals surface area contributed by atoms with E-state index >= 15 is 0 Å². The van der Waals surface area contributed by atoms with E-state index in [-0.39, 0.29) is 30.0 Å². The number of nitriles is 1. The number of carbonyl (C=O) groups excluding carboxylic acids is 1. The Balaban J connectivity index is 2.07. The Morgan fingerprint density at radius 2 is 2.07 bits per heavy atom. The van der Waals surface area contributed by atoms with Crippen LogP contribution in [0.2, 0.25) is 0 Å². The molecular formula is C21H27N3O3. The summed E-state index contributed by atoms with van der Waals surface area (Å²) in [5.74, 6) is -0.156. The van der Waals surface area contributed by atoms with Crippen molar-refractivity contribution in [3.05, 3.63) is 34.7 Å². The van der Waals surface area contributed by atoms with Crippen molar-refractivity contribution in [3.63, 3.8) is 0 Å². The van der Waals surface area contributed by atoms with Gasteiger partial charge in [-0.2, -0.15) is 5.26 Å². The summed E-state index contributed by atoms with van der Waals surface area (Å²) in [5, 5.41) is 19.4. The van der Waals surface area contributed by atoms with E-state index in [9.17, 15) is 15.2 Å². The highest BCUT2D eigenvalue weighted by molar-refractivity contribution is 6.09. The van der Waals surface area contributed by atoms with Gasteiger partial charge in [0.15, 0.2) is 5.78 Å². The summed E-state index contributed by atoms with van der Waals surface area (Å²) in [6.07, 6.45) is 3.57. The molecule has 0 saturated carbocycles. The Morgan fingerprint density at radius 3 is 2.63 bits per heavy atom. The molecule has 0 atom stereocenters. The van der Waals surface area contributed by atoms with E-state index in [4.69, 9.17) is 4.74 Å². The van der Waals surface area contributed by atoms with Crippen molar-refractivity contribution in [1.82, 2.24) is 9.88 Å². The molecule has 1 aliphatic carbocycles. The smallest absolute Gasteiger partial charge is 0.179 e. The summed E-state index contributed by atoms with van der Waals surface area (Å²) >= 11 is 0. The second kappa shape index (κ2) is 7.06. The van der Waals surface area contributed by atoms with Crippen LogP contribution in [0.5, 0.6) is 0 Å². The third-order valence-electron chi connectivity index (χ3n) is 5.94. The number of aliphatic hydroxyl groups is 1. The van der Waals surface area contributed by atoms with E-state index < -0.39 is 5.41 Å². The molecule has 1 aliphatic heterocycles. The highest BCUT2D eigenvalue weighted by Gasteiger charge is 2.36. The fourth-order valence-electron chi connectivity index (χ4n) is 3.68. The normalized spacial score (nSPS) is 19.7. The van der Waals surface area contributed by atoms with Gasteiger partial charge < -0.3 is 14.7 Å². The molecule has 1 fully saturated rings. The average molecular weight is 369 g/mol. The van der Waals surface area contributed by atoms with E-state index in [2.05, 4.69) is 22.9 Å². The summed E-state index contributed by atoms with van der Waals surface area (Å²) in [7, 11) is 1.73. The molecular weight excluding hydrogens is 342 g/mol.